The summed E-state index contributed by atoms with van der Waals surface area (Å²) < 4.78 is 11.2. The summed E-state index contributed by atoms with van der Waals surface area (Å²) in [4.78, 5) is 39.6. The van der Waals surface area contributed by atoms with Gasteiger partial charge in [-0.05, 0) is 42.5 Å². The van der Waals surface area contributed by atoms with E-state index in [9.17, 15) is 14.4 Å². The van der Waals surface area contributed by atoms with Crippen LogP contribution in [0, 0.1) is 0 Å². The minimum Gasteiger partial charge on any atom is -0.449 e. The van der Waals surface area contributed by atoms with Crippen molar-refractivity contribution in [3.05, 3.63) is 77.4 Å². The molecule has 1 atom stereocenters. The minimum absolute atomic E-state index is 0.0596. The van der Waals surface area contributed by atoms with E-state index in [0.29, 0.717) is 37.2 Å². The Labute approximate surface area is 192 Å². The van der Waals surface area contributed by atoms with Gasteiger partial charge in [0, 0.05) is 25.6 Å². The molecule has 5 rings (SSSR count). The lowest BCUT2D eigenvalue weighted by molar-refractivity contribution is -0.134. The third kappa shape index (κ3) is 3.39. The van der Waals surface area contributed by atoms with Gasteiger partial charge in [-0.25, -0.2) is 9.59 Å². The smallest absolute Gasteiger partial charge is 0.412 e. The van der Waals surface area contributed by atoms with Gasteiger partial charge >= 0.3 is 12.1 Å². The van der Waals surface area contributed by atoms with Gasteiger partial charge in [0.1, 0.15) is 5.75 Å². The first-order valence-corrected chi connectivity index (χ1v) is 11.2. The second-order valence-corrected chi connectivity index (χ2v) is 8.94. The van der Waals surface area contributed by atoms with E-state index in [1.165, 1.54) is 7.05 Å². The molecule has 170 valence electrons. The zero-order valence-electron chi connectivity index (χ0n) is 18.6. The van der Waals surface area contributed by atoms with Crippen LogP contribution in [-0.4, -0.2) is 43.0 Å². The van der Waals surface area contributed by atoms with E-state index in [-0.39, 0.29) is 11.9 Å². The maximum atomic E-state index is 13.7. The molecule has 3 aliphatic rings. The summed E-state index contributed by atoms with van der Waals surface area (Å²) in [5.41, 5.74) is 1.85. The highest BCUT2D eigenvalue weighted by atomic mass is 16.6. The number of carbonyl (C=O) groups is 3. The predicted octanol–water partition coefficient (Wildman–Crippen LogP) is 3.46. The lowest BCUT2D eigenvalue weighted by atomic mass is 9.90. The number of nitrogens with one attached hydrogen (secondary N) is 1. The highest BCUT2D eigenvalue weighted by Gasteiger charge is 2.57. The Morgan fingerprint density at radius 2 is 2.00 bits per heavy atom. The molecule has 0 bridgehead atoms. The van der Waals surface area contributed by atoms with Crippen LogP contribution in [-0.2, 0) is 27.0 Å². The van der Waals surface area contributed by atoms with Gasteiger partial charge in [0.15, 0.2) is 5.60 Å². The van der Waals surface area contributed by atoms with Crippen LogP contribution in [0.15, 0.2) is 55.1 Å². The van der Waals surface area contributed by atoms with Gasteiger partial charge in [-0.2, -0.15) is 0 Å². The number of allylic oxidation sites excluding steroid dienone is 1. The topological polar surface area (TPSA) is 84.9 Å². The van der Waals surface area contributed by atoms with E-state index in [1.54, 1.807) is 18.2 Å². The number of likely N-dealkylation sites (tertiary alicyclic amines) is 1. The van der Waals surface area contributed by atoms with Gasteiger partial charge in [-0.15, -0.1) is 6.58 Å². The van der Waals surface area contributed by atoms with Crippen molar-refractivity contribution in [3.63, 3.8) is 0 Å². The average Bonchev–Trinajstić information content (AvgIpc) is 3.46. The second kappa shape index (κ2) is 7.76. The molecule has 1 N–H and O–H groups in total. The van der Waals surface area contributed by atoms with Crippen LogP contribution in [0.1, 0.15) is 46.3 Å². The monoisotopic (exact) mass is 446 g/mol. The van der Waals surface area contributed by atoms with Gasteiger partial charge in [-0.3, -0.25) is 4.79 Å². The van der Waals surface area contributed by atoms with Gasteiger partial charge in [0.25, 0.3) is 0 Å². The highest BCUT2D eigenvalue weighted by molar-refractivity contribution is 5.96. The van der Waals surface area contributed by atoms with Crippen LogP contribution in [0.2, 0.25) is 0 Å². The van der Waals surface area contributed by atoms with Crippen molar-refractivity contribution in [2.24, 2.45) is 0 Å². The number of amides is 2. The van der Waals surface area contributed by atoms with Crippen molar-refractivity contribution in [2.75, 3.05) is 20.1 Å². The van der Waals surface area contributed by atoms with Gasteiger partial charge < -0.3 is 19.7 Å². The molecule has 7 nitrogen and oxygen atoms in total. The second-order valence-electron chi connectivity index (χ2n) is 8.94. The summed E-state index contributed by atoms with van der Waals surface area (Å²) >= 11 is 0. The molecular formula is C26H26N2O5. The molecular weight excluding hydrogens is 420 g/mol. The molecule has 0 aromatic heterocycles. The van der Waals surface area contributed by atoms with E-state index in [2.05, 4.69) is 11.9 Å². The fourth-order valence-electron chi connectivity index (χ4n) is 5.10. The normalized spacial score (nSPS) is 22.0. The molecule has 1 saturated carbocycles. The maximum Gasteiger partial charge on any atom is 0.412 e. The minimum atomic E-state index is -0.751. The zero-order chi connectivity index (χ0) is 23.2. The number of rotatable bonds is 5. The fraction of sp³-hybridized carbons (Fsp3) is 0.346. The van der Waals surface area contributed by atoms with Crippen LogP contribution >= 0.6 is 0 Å². The van der Waals surface area contributed by atoms with Crippen molar-refractivity contribution in [3.8, 4) is 5.75 Å². The van der Waals surface area contributed by atoms with Crippen LogP contribution in [0.25, 0.3) is 0 Å². The van der Waals surface area contributed by atoms with Crippen LogP contribution in [0.3, 0.4) is 0 Å². The summed E-state index contributed by atoms with van der Waals surface area (Å²) in [6.45, 7) is 4.70. The van der Waals surface area contributed by atoms with Gasteiger partial charge in [-0.1, -0.05) is 36.4 Å². The number of fused-ring (bicyclic) bond motifs is 2. The predicted molar refractivity (Wildman–Crippen MR) is 121 cm³/mol. The van der Waals surface area contributed by atoms with Crippen molar-refractivity contribution in [1.29, 1.82) is 0 Å². The average molecular weight is 447 g/mol. The van der Waals surface area contributed by atoms with E-state index in [1.807, 2.05) is 35.2 Å². The molecule has 2 aliphatic heterocycles. The fourth-order valence-corrected chi connectivity index (χ4v) is 5.10. The van der Waals surface area contributed by atoms with E-state index >= 15 is 0 Å². The van der Waals surface area contributed by atoms with E-state index < -0.39 is 17.1 Å². The number of carbonyl (C=O) groups excluding carboxylic acids is 3. The molecule has 2 aromatic carbocycles. The van der Waals surface area contributed by atoms with Crippen LogP contribution in [0.4, 0.5) is 4.79 Å². The molecule has 1 spiro atoms. The molecule has 1 aliphatic carbocycles. The maximum absolute atomic E-state index is 13.7. The third-order valence-corrected chi connectivity index (χ3v) is 6.99. The first kappa shape index (κ1) is 21.2. The molecule has 1 saturated heterocycles. The Hall–Kier alpha value is -3.61. The Bertz CT molecular complexity index is 1170. The SMILES string of the molecule is C=CCc1cc(C2(C(=O)N3CCC4(C3)OC(=O)c3ccccc34)CC2)ccc1OC(=O)NC. The van der Waals surface area contributed by atoms with E-state index in [4.69, 9.17) is 9.47 Å². The first-order chi connectivity index (χ1) is 15.9. The Kier molecular flexibility index (Phi) is 5.00. The first-order valence-electron chi connectivity index (χ1n) is 11.2. The molecule has 7 heteroatoms. The van der Waals surface area contributed by atoms with E-state index in [0.717, 1.165) is 29.5 Å². The number of ether oxygens (including phenoxy) is 2. The Morgan fingerprint density at radius 3 is 2.73 bits per heavy atom. The summed E-state index contributed by atoms with van der Waals surface area (Å²) in [7, 11) is 1.50. The van der Waals surface area contributed by atoms with Crippen LogP contribution < -0.4 is 10.1 Å². The molecule has 33 heavy (non-hydrogen) atoms. The number of hydrogen-bond donors (Lipinski definition) is 1. The lowest BCUT2D eigenvalue weighted by Crippen LogP contribution is -2.40. The summed E-state index contributed by atoms with van der Waals surface area (Å²) in [5.74, 6) is 0.196. The Morgan fingerprint density at radius 1 is 1.21 bits per heavy atom. The molecule has 2 fully saturated rings. The number of nitrogens with zero attached hydrogens (tertiary/aromatic N) is 1. The molecule has 2 amide bonds. The molecule has 0 radical (unpaired) electrons. The highest BCUT2D eigenvalue weighted by Crippen LogP contribution is 2.52. The van der Waals surface area contributed by atoms with Crippen LogP contribution in [0.5, 0.6) is 5.75 Å². The van der Waals surface area contributed by atoms with Gasteiger partial charge in [0.05, 0.1) is 17.5 Å². The zero-order valence-corrected chi connectivity index (χ0v) is 18.6. The standard InChI is InChI=1S/C26H26N2O5/c1-3-6-17-15-18(9-10-21(17)32-24(31)27-2)25(11-12-25)23(30)28-14-13-26(16-28)20-8-5-4-7-19(20)22(29)33-26/h3-5,7-10,15H,1,6,11-14,16H2,2H3,(H,27,31). The molecule has 2 aromatic rings. The van der Waals surface area contributed by atoms with Crippen molar-refractivity contribution < 1.29 is 23.9 Å². The summed E-state index contributed by atoms with van der Waals surface area (Å²) in [6, 6.07) is 13.0. The third-order valence-electron chi connectivity index (χ3n) is 6.99. The van der Waals surface area contributed by atoms with Crippen molar-refractivity contribution in [2.45, 2.75) is 36.7 Å². The number of hydrogen-bond acceptors (Lipinski definition) is 5. The number of benzene rings is 2. The molecule has 1 unspecified atom stereocenters. The lowest BCUT2D eigenvalue weighted by Gasteiger charge is -2.27. The van der Waals surface area contributed by atoms with Gasteiger partial charge in [0.2, 0.25) is 5.91 Å². The van der Waals surface area contributed by atoms with Crippen molar-refractivity contribution in [1.82, 2.24) is 10.2 Å². The number of esters is 1. The molecule has 2 heterocycles. The quantitative estimate of drug-likeness (QED) is 0.562. The largest absolute Gasteiger partial charge is 0.449 e. The van der Waals surface area contributed by atoms with Crippen molar-refractivity contribution >= 4 is 18.0 Å². The summed E-state index contributed by atoms with van der Waals surface area (Å²) in [5, 5.41) is 2.45. The summed E-state index contributed by atoms with van der Waals surface area (Å²) in [6.07, 6.45) is 3.83. The Balaban J connectivity index is 1.40.